The second kappa shape index (κ2) is 17.9. The van der Waals surface area contributed by atoms with Gasteiger partial charge in [-0.25, -0.2) is 24.6 Å². The van der Waals surface area contributed by atoms with Crippen LogP contribution in [-0.2, 0) is 27.7 Å². The molecule has 1 aromatic heterocycles. The highest BCUT2D eigenvalue weighted by Gasteiger charge is 2.38. The molecule has 5 N–H and O–H groups in total. The van der Waals surface area contributed by atoms with Crippen LogP contribution in [0.1, 0.15) is 57.6 Å². The number of para-hydroxylation sites is 1. The molecule has 5 rings (SSSR count). The lowest BCUT2D eigenvalue weighted by Gasteiger charge is -2.22. The Balaban J connectivity index is 0.00000107. The molecule has 2 heterocycles. The number of carbonyl (C=O) groups is 1. The number of aromatic amines is 1. The topological polar surface area (TPSA) is 204 Å². The van der Waals surface area contributed by atoms with Gasteiger partial charge in [0.2, 0.25) is 0 Å². The molecule has 46 heavy (non-hydrogen) atoms. The Morgan fingerprint density at radius 3 is 2.39 bits per heavy atom. The Kier molecular flexibility index (Phi) is 14.6. The molecule has 256 valence electrons. The molecular formula is C29H45N5O10P2. The molecule has 4 unspecified atom stereocenters. The number of H-pyrrole nitrogens is 1. The number of ether oxygens (including phenoxy) is 1. The molecule has 0 radical (unpaired) electrons. The largest absolute Gasteiger partial charge is 0.468 e. The number of benzene rings is 1. The quantitative estimate of drug-likeness (QED) is 0.128. The van der Waals surface area contributed by atoms with Gasteiger partial charge in [0.15, 0.2) is 0 Å². The second-order valence-electron chi connectivity index (χ2n) is 10.6. The Bertz CT molecular complexity index is 1510. The van der Waals surface area contributed by atoms with E-state index in [0.29, 0.717) is 13.1 Å². The van der Waals surface area contributed by atoms with E-state index in [0.717, 1.165) is 0 Å². The fraction of sp³-hybridized carbons (Fsp3) is 0.552. The summed E-state index contributed by atoms with van der Waals surface area (Å²) >= 11 is 0. The summed E-state index contributed by atoms with van der Waals surface area (Å²) in [4.78, 5) is 38.8. The normalized spacial score (nSPS) is 22.8. The number of hydrogen-bond donors (Lipinski definition) is 4. The summed E-state index contributed by atoms with van der Waals surface area (Å²) in [5.41, 5.74) is 4.50. The number of hydrogen-bond acceptors (Lipinski definition) is 10. The number of esters is 1. The van der Waals surface area contributed by atoms with Gasteiger partial charge < -0.3 is 18.9 Å². The van der Waals surface area contributed by atoms with Gasteiger partial charge >= 0.3 is 27.1 Å². The van der Waals surface area contributed by atoms with Gasteiger partial charge in [-0.15, -0.1) is 0 Å². The highest BCUT2D eigenvalue weighted by Crippen LogP contribution is 2.47. The van der Waals surface area contributed by atoms with Crippen molar-refractivity contribution >= 4 is 27.5 Å². The first-order chi connectivity index (χ1) is 22.0. The van der Waals surface area contributed by atoms with Gasteiger partial charge in [-0.3, -0.25) is 28.2 Å². The van der Waals surface area contributed by atoms with Crippen molar-refractivity contribution in [3.8, 4) is 5.75 Å². The van der Waals surface area contributed by atoms with E-state index in [2.05, 4.69) is 14.8 Å². The third-order valence-electron chi connectivity index (χ3n) is 6.92. The Labute approximate surface area is 268 Å². The fourth-order valence-electron chi connectivity index (χ4n) is 4.25. The van der Waals surface area contributed by atoms with Gasteiger partial charge in [0.25, 0.3) is 5.56 Å². The molecular weight excluding hydrogens is 640 g/mol. The number of aromatic nitrogens is 2. The van der Waals surface area contributed by atoms with Gasteiger partial charge in [-0.05, 0) is 31.1 Å². The predicted octanol–water partition coefficient (Wildman–Crippen LogP) is 3.42. The molecule has 2 aliphatic carbocycles. The van der Waals surface area contributed by atoms with Crippen LogP contribution in [0.5, 0.6) is 5.75 Å². The van der Waals surface area contributed by atoms with E-state index in [-0.39, 0.29) is 37.4 Å². The number of nitrogens with two attached hydrogens (primary N) is 1. The first-order valence-electron chi connectivity index (χ1n) is 15.3. The van der Waals surface area contributed by atoms with Crippen molar-refractivity contribution in [2.75, 3.05) is 40.0 Å². The maximum atomic E-state index is 13.4. The molecule has 5 atom stereocenters. The van der Waals surface area contributed by atoms with E-state index in [4.69, 9.17) is 19.1 Å². The third kappa shape index (κ3) is 12.1. The van der Waals surface area contributed by atoms with E-state index in [9.17, 15) is 28.6 Å². The molecule has 17 heteroatoms. The monoisotopic (exact) mass is 685 g/mol. The van der Waals surface area contributed by atoms with Gasteiger partial charge in [0, 0.05) is 31.2 Å². The van der Waals surface area contributed by atoms with Crippen LogP contribution >= 0.6 is 15.4 Å². The SMILES string of the molecule is C1CC1.CC.COC(=O)CNP(=O)(OCC1CC(n2cc(/C=C/COP(N)(=O)N3CC3)c(=O)[nH]c2=O)C[C@@H]1O)Oc1ccccc1. The van der Waals surface area contributed by atoms with E-state index in [1.54, 1.807) is 30.3 Å². The third-order valence-corrected chi connectivity index (χ3v) is 10.1. The van der Waals surface area contributed by atoms with Gasteiger partial charge in [-0.2, -0.15) is 0 Å². The maximum Gasteiger partial charge on any atom is 0.459 e. The number of methoxy groups -OCH3 is 1. The number of rotatable bonds is 14. The Morgan fingerprint density at radius 1 is 1.11 bits per heavy atom. The van der Waals surface area contributed by atoms with Crippen molar-refractivity contribution < 1.29 is 37.3 Å². The van der Waals surface area contributed by atoms with Crippen LogP contribution in [0.4, 0.5) is 0 Å². The molecule has 1 aliphatic heterocycles. The first-order valence-corrected chi connectivity index (χ1v) is 18.5. The minimum absolute atomic E-state index is 0.0977. The minimum Gasteiger partial charge on any atom is -0.468 e. The predicted molar refractivity (Wildman–Crippen MR) is 173 cm³/mol. The standard InChI is InChI=1S/C24H33N5O10P2.C3H6.C2H6/c1-36-22(31)14-26-41(35,39-20-7-3-2-4-8-20)38-16-18-12-19(13-21(18)30)29-15-17(23(32)27-24(29)33)6-5-11-37-40(25,34)28-9-10-28;1-2-3-1;1-2/h2-8,15,18-19,21,30H,9-14,16H2,1H3,(H2,25,34)(H,26,35)(H,27,32,33);1-3H2;1-2H3/b6-5+;;/t18?,19?,21-,40?,41?;;/m0../s1. The fourth-order valence-corrected chi connectivity index (χ4v) is 6.68. The highest BCUT2D eigenvalue weighted by atomic mass is 31.2. The first kappa shape index (κ1) is 37.6. The molecule has 0 spiro atoms. The lowest BCUT2D eigenvalue weighted by molar-refractivity contribution is -0.139. The summed E-state index contributed by atoms with van der Waals surface area (Å²) in [5.74, 6) is -0.990. The van der Waals surface area contributed by atoms with E-state index < -0.39 is 57.2 Å². The van der Waals surface area contributed by atoms with E-state index in [1.165, 1.54) is 54.0 Å². The summed E-state index contributed by atoms with van der Waals surface area (Å²) in [6, 6.07) is 7.72. The average Bonchev–Trinajstić information content (AvgIpc) is 3.96. The van der Waals surface area contributed by atoms with Crippen molar-refractivity contribution in [3.05, 3.63) is 69.0 Å². The molecule has 2 aromatic rings. The molecule has 3 fully saturated rings. The minimum atomic E-state index is -4.06. The van der Waals surface area contributed by atoms with Gasteiger partial charge in [0.05, 0.1) is 32.0 Å². The summed E-state index contributed by atoms with van der Waals surface area (Å²) in [5, 5.41) is 13.2. The van der Waals surface area contributed by atoms with Crippen LogP contribution < -0.4 is 26.4 Å². The van der Waals surface area contributed by atoms with Crippen LogP contribution in [-0.4, -0.2) is 71.4 Å². The molecule has 1 aromatic carbocycles. The van der Waals surface area contributed by atoms with E-state index >= 15 is 0 Å². The van der Waals surface area contributed by atoms with Gasteiger partial charge in [-0.1, -0.05) is 57.4 Å². The highest BCUT2D eigenvalue weighted by molar-refractivity contribution is 7.54. The van der Waals surface area contributed by atoms with Gasteiger partial charge in [0.1, 0.15) is 12.3 Å². The maximum absolute atomic E-state index is 13.4. The van der Waals surface area contributed by atoms with Crippen LogP contribution in [0, 0.1) is 5.92 Å². The van der Waals surface area contributed by atoms with Crippen LogP contribution in [0.2, 0.25) is 0 Å². The zero-order chi connectivity index (χ0) is 33.7. The summed E-state index contributed by atoms with van der Waals surface area (Å²) in [6.07, 6.45) is 8.26. The van der Waals surface area contributed by atoms with Crippen molar-refractivity contribution in [2.24, 2.45) is 11.4 Å². The summed E-state index contributed by atoms with van der Waals surface area (Å²) in [7, 11) is -6.22. The van der Waals surface area contributed by atoms with Crippen LogP contribution in [0.15, 0.2) is 52.2 Å². The lowest BCUT2D eigenvalue weighted by atomic mass is 10.1. The number of nitrogens with zero attached hydrogens (tertiary/aromatic N) is 2. The van der Waals surface area contributed by atoms with Crippen molar-refractivity contribution in [3.63, 3.8) is 0 Å². The molecule has 3 aliphatic rings. The summed E-state index contributed by atoms with van der Waals surface area (Å²) in [6.45, 7) is 4.45. The molecule has 2 saturated carbocycles. The summed E-state index contributed by atoms with van der Waals surface area (Å²) < 4.78 is 49.2. The van der Waals surface area contributed by atoms with E-state index in [1.807, 2.05) is 13.8 Å². The number of aliphatic hydroxyl groups is 1. The van der Waals surface area contributed by atoms with Crippen molar-refractivity contribution in [2.45, 2.75) is 58.1 Å². The smallest absolute Gasteiger partial charge is 0.459 e. The van der Waals surface area contributed by atoms with Crippen LogP contribution in [0.3, 0.4) is 0 Å². The zero-order valence-electron chi connectivity index (χ0n) is 26.4. The average molecular weight is 686 g/mol. The van der Waals surface area contributed by atoms with Crippen LogP contribution in [0.25, 0.3) is 6.08 Å². The molecule has 0 bridgehead atoms. The number of nitrogens with one attached hydrogen (secondary N) is 2. The van der Waals surface area contributed by atoms with Crippen molar-refractivity contribution in [1.82, 2.24) is 19.3 Å². The lowest BCUT2D eigenvalue weighted by Crippen LogP contribution is -2.32. The zero-order valence-corrected chi connectivity index (χ0v) is 28.2. The molecule has 15 nitrogen and oxygen atoms in total. The Morgan fingerprint density at radius 2 is 1.78 bits per heavy atom. The number of aliphatic hydroxyl groups excluding tert-OH is 1. The second-order valence-corrected chi connectivity index (χ2v) is 14.3. The Hall–Kier alpha value is -2.87. The number of carbonyl (C=O) groups excluding carboxylic acids is 1. The van der Waals surface area contributed by atoms with Crippen molar-refractivity contribution in [1.29, 1.82) is 0 Å². The molecule has 1 saturated heterocycles. The molecule has 0 amide bonds.